The van der Waals surface area contributed by atoms with Crippen LogP contribution in [0.25, 0.3) is 0 Å². The van der Waals surface area contributed by atoms with Gasteiger partial charge < -0.3 is 15.1 Å². The van der Waals surface area contributed by atoms with E-state index in [1.165, 1.54) is 16.1 Å². The summed E-state index contributed by atoms with van der Waals surface area (Å²) in [6.07, 6.45) is 3.53. The van der Waals surface area contributed by atoms with Gasteiger partial charge in [-0.3, -0.25) is 9.59 Å². The first-order chi connectivity index (χ1) is 11.5. The summed E-state index contributed by atoms with van der Waals surface area (Å²) in [6.45, 7) is 2.81. The Morgan fingerprint density at radius 2 is 2.29 bits per heavy atom. The summed E-state index contributed by atoms with van der Waals surface area (Å²) in [4.78, 5) is 32.4. The summed E-state index contributed by atoms with van der Waals surface area (Å²) in [6, 6.07) is 4.29. The lowest BCUT2D eigenvalue weighted by molar-refractivity contribution is -0.131. The van der Waals surface area contributed by atoms with E-state index < -0.39 is 5.91 Å². The summed E-state index contributed by atoms with van der Waals surface area (Å²) in [7, 11) is 0. The first-order valence-electron chi connectivity index (χ1n) is 8.12. The van der Waals surface area contributed by atoms with Crippen LogP contribution in [0.5, 0.6) is 0 Å². The molecule has 2 aliphatic heterocycles. The molecule has 5 rings (SSSR count). The monoisotopic (exact) mass is 345 g/mol. The Hall–Kier alpha value is -2.15. The Morgan fingerprint density at radius 1 is 1.46 bits per heavy atom. The molecule has 2 bridgehead atoms. The largest absolute Gasteiger partial charge is 0.447 e. The van der Waals surface area contributed by atoms with Gasteiger partial charge in [0, 0.05) is 34.7 Å². The molecule has 2 aromatic heterocycles. The minimum Gasteiger partial charge on any atom is -0.447 e. The van der Waals surface area contributed by atoms with E-state index in [4.69, 9.17) is 10.2 Å². The number of aryl methyl sites for hydroxylation is 2. The van der Waals surface area contributed by atoms with Crippen LogP contribution in [0.15, 0.2) is 22.9 Å². The minimum absolute atomic E-state index is 0.0583. The normalized spacial score (nSPS) is 24.9. The Bertz CT molecular complexity index is 797. The first-order valence-corrected chi connectivity index (χ1v) is 8.94. The molecule has 3 aliphatic rings. The number of nitrogens with zero attached hydrogens (tertiary/aromatic N) is 2. The molecule has 126 valence electrons. The first kappa shape index (κ1) is 15.4. The maximum atomic E-state index is 12.6. The van der Waals surface area contributed by atoms with Gasteiger partial charge in [0.1, 0.15) is 5.76 Å². The van der Waals surface area contributed by atoms with Crippen molar-refractivity contribution in [3.8, 4) is 0 Å². The molecule has 4 heterocycles. The third-order valence-corrected chi connectivity index (χ3v) is 6.19. The summed E-state index contributed by atoms with van der Waals surface area (Å²) in [5.41, 5.74) is 5.56. The van der Waals surface area contributed by atoms with E-state index in [-0.39, 0.29) is 23.6 Å². The van der Waals surface area contributed by atoms with E-state index in [1.54, 1.807) is 11.3 Å². The topological polar surface area (TPSA) is 89.4 Å². The predicted molar refractivity (Wildman–Crippen MR) is 88.7 cm³/mol. The number of rotatable bonds is 5. The smallest absolute Gasteiger partial charge is 0.270 e. The Morgan fingerprint density at radius 3 is 3.00 bits per heavy atom. The lowest BCUT2D eigenvalue weighted by Gasteiger charge is -2.35. The molecular formula is C17H19N3O3S. The van der Waals surface area contributed by atoms with E-state index in [1.807, 2.05) is 4.90 Å². The number of primary amides is 1. The quantitative estimate of drug-likeness (QED) is 0.898. The minimum atomic E-state index is -0.573. The number of thiophene rings is 1. The lowest BCUT2D eigenvalue weighted by atomic mass is 9.72. The van der Waals surface area contributed by atoms with E-state index in [0.717, 1.165) is 19.4 Å². The van der Waals surface area contributed by atoms with Gasteiger partial charge >= 0.3 is 0 Å². The fourth-order valence-electron chi connectivity index (χ4n) is 3.96. The maximum Gasteiger partial charge on any atom is 0.270 e. The zero-order valence-corrected chi connectivity index (χ0v) is 14.2. The second-order valence-electron chi connectivity index (χ2n) is 6.58. The summed E-state index contributed by atoms with van der Waals surface area (Å²) < 4.78 is 5.42. The highest BCUT2D eigenvalue weighted by Gasteiger charge is 2.56. The molecule has 1 aliphatic carbocycles. The fraction of sp³-hybridized carbons (Fsp3) is 0.471. The summed E-state index contributed by atoms with van der Waals surface area (Å²) >= 11 is 1.74. The van der Waals surface area contributed by atoms with Gasteiger partial charge in [-0.05, 0) is 37.8 Å². The van der Waals surface area contributed by atoms with Gasteiger partial charge in [0.25, 0.3) is 5.91 Å². The molecule has 2 amide bonds. The van der Waals surface area contributed by atoms with Crippen molar-refractivity contribution in [1.82, 2.24) is 9.88 Å². The van der Waals surface area contributed by atoms with Crippen LogP contribution in [0, 0.1) is 12.8 Å². The number of carbonyl (C=O) groups excluding carboxylic acids is 2. The van der Waals surface area contributed by atoms with Crippen molar-refractivity contribution in [2.24, 2.45) is 11.7 Å². The molecule has 0 spiro atoms. The predicted octanol–water partition coefficient (Wildman–Crippen LogP) is 2.09. The molecule has 0 radical (unpaired) electrons. The molecule has 2 N–H and O–H groups in total. The van der Waals surface area contributed by atoms with Crippen molar-refractivity contribution < 1.29 is 14.0 Å². The molecule has 2 aromatic rings. The van der Waals surface area contributed by atoms with Gasteiger partial charge in [-0.15, -0.1) is 11.3 Å². The Balaban J connectivity index is 1.43. The summed E-state index contributed by atoms with van der Waals surface area (Å²) in [5.74, 6) is 0.553. The number of hydrogen-bond donors (Lipinski definition) is 1. The molecule has 7 heteroatoms. The van der Waals surface area contributed by atoms with Crippen LogP contribution in [0.2, 0.25) is 0 Å². The van der Waals surface area contributed by atoms with Crippen molar-refractivity contribution in [2.75, 3.05) is 6.54 Å². The van der Waals surface area contributed by atoms with Crippen LogP contribution in [0.3, 0.4) is 0 Å². The van der Waals surface area contributed by atoms with Crippen LogP contribution < -0.4 is 5.73 Å². The van der Waals surface area contributed by atoms with Crippen molar-refractivity contribution in [2.45, 2.75) is 38.1 Å². The van der Waals surface area contributed by atoms with Crippen LogP contribution in [-0.4, -0.2) is 34.3 Å². The number of fused-ring (bicyclic) bond motifs is 1. The van der Waals surface area contributed by atoms with Crippen molar-refractivity contribution in [3.63, 3.8) is 0 Å². The molecule has 3 atom stereocenters. The Labute approximate surface area is 143 Å². The standard InChI is InChI=1S/C17H19N3O3S/c1-9-2-3-11(24-9)4-5-13(21)20-7-10-6-12(20)14(10)16-15(17(18)22)19-8-23-16/h2-3,8,10,12,14H,4-7H2,1H3,(H2,18,22). The number of amides is 2. The van der Waals surface area contributed by atoms with Gasteiger partial charge in [0.2, 0.25) is 5.91 Å². The third-order valence-electron chi connectivity index (χ3n) is 5.13. The van der Waals surface area contributed by atoms with Crippen molar-refractivity contribution in [1.29, 1.82) is 0 Å². The van der Waals surface area contributed by atoms with Crippen LogP contribution in [0.1, 0.15) is 44.8 Å². The zero-order valence-electron chi connectivity index (χ0n) is 13.4. The van der Waals surface area contributed by atoms with E-state index in [0.29, 0.717) is 18.1 Å². The lowest BCUT2D eigenvalue weighted by Crippen LogP contribution is -2.40. The van der Waals surface area contributed by atoms with E-state index in [9.17, 15) is 9.59 Å². The molecule has 1 saturated carbocycles. The molecule has 24 heavy (non-hydrogen) atoms. The molecule has 0 aromatic carbocycles. The zero-order chi connectivity index (χ0) is 16.8. The van der Waals surface area contributed by atoms with Crippen LogP contribution in [0.4, 0.5) is 0 Å². The van der Waals surface area contributed by atoms with Crippen LogP contribution in [-0.2, 0) is 11.2 Å². The SMILES string of the molecule is Cc1ccc(CCC(=O)N2CC3CC2C3c2ocnc2C(N)=O)s1. The molecule has 6 nitrogen and oxygen atoms in total. The van der Waals surface area contributed by atoms with Gasteiger partial charge in [0.15, 0.2) is 12.1 Å². The Kier molecular flexibility index (Phi) is 3.68. The molecule has 3 unspecified atom stereocenters. The van der Waals surface area contributed by atoms with Gasteiger partial charge in [0.05, 0.1) is 0 Å². The fourth-order valence-corrected chi connectivity index (χ4v) is 4.85. The van der Waals surface area contributed by atoms with Crippen molar-refractivity contribution in [3.05, 3.63) is 39.7 Å². The highest BCUT2D eigenvalue weighted by Crippen LogP contribution is 2.53. The van der Waals surface area contributed by atoms with Gasteiger partial charge in [-0.2, -0.15) is 0 Å². The van der Waals surface area contributed by atoms with Gasteiger partial charge in [-0.25, -0.2) is 4.98 Å². The van der Waals surface area contributed by atoms with E-state index in [2.05, 4.69) is 24.0 Å². The molecule has 2 saturated heterocycles. The van der Waals surface area contributed by atoms with Gasteiger partial charge in [-0.1, -0.05) is 0 Å². The summed E-state index contributed by atoms with van der Waals surface area (Å²) in [5, 5.41) is 0. The van der Waals surface area contributed by atoms with E-state index >= 15 is 0 Å². The van der Waals surface area contributed by atoms with Crippen molar-refractivity contribution >= 4 is 23.2 Å². The second kappa shape index (κ2) is 5.73. The molecule has 3 fully saturated rings. The maximum absolute atomic E-state index is 12.6. The average Bonchev–Trinajstić information content (AvgIpc) is 3.27. The number of oxazole rings is 1. The second-order valence-corrected chi connectivity index (χ2v) is 7.95. The highest BCUT2D eigenvalue weighted by atomic mass is 32.1. The average molecular weight is 345 g/mol. The number of aromatic nitrogens is 1. The number of nitrogens with two attached hydrogens (primary N) is 1. The number of carbonyl (C=O) groups is 2. The highest BCUT2D eigenvalue weighted by molar-refractivity contribution is 7.11. The number of hydrogen-bond acceptors (Lipinski definition) is 5. The third kappa shape index (κ3) is 2.43. The van der Waals surface area contributed by atoms with Crippen LogP contribution >= 0.6 is 11.3 Å². The molecular weight excluding hydrogens is 326 g/mol.